The number of aliphatic hydroxyl groups is 5. The molecular weight excluding hydrogens is 732 g/mol. The number of carbonyl (C=O) groups excluding carboxylic acids is 2. The summed E-state index contributed by atoms with van der Waals surface area (Å²) in [6.45, 7) is 6.00. The average molecular weight is 783 g/mol. The van der Waals surface area contributed by atoms with Crippen LogP contribution in [-0.2, 0) is 11.2 Å². The van der Waals surface area contributed by atoms with Crippen LogP contribution >= 0.6 is 0 Å². The van der Waals surface area contributed by atoms with Crippen LogP contribution in [0, 0.1) is 23.7 Å². The van der Waals surface area contributed by atoms with Gasteiger partial charge in [-0.15, -0.1) is 0 Å². The molecule has 14 heteroatoms. The number of aryl methyl sites for hydroxylation is 2. The summed E-state index contributed by atoms with van der Waals surface area (Å²) >= 11 is 0. The number of ether oxygens (including phenoxy) is 2. The number of carbonyl (C=O) groups is 2. The van der Waals surface area contributed by atoms with Crippen molar-refractivity contribution in [3.8, 4) is 11.5 Å². The van der Waals surface area contributed by atoms with Gasteiger partial charge in [0.2, 0.25) is 11.6 Å². The highest BCUT2D eigenvalue weighted by Crippen LogP contribution is 2.66. The monoisotopic (exact) mass is 782 g/mol. The third-order valence-corrected chi connectivity index (χ3v) is 14.5. The molecule has 2 aromatic carbocycles. The SMILES string of the molecule is Cc1cc(O)c2c(c1)C(=O)c1c(c3c4c5c(nccc15)NC[C@@H](O)[C@]1(CCCC15CCCC5)C1=C[C@@]5(O[C@@](CC4)(O3)[C@H](O)[C@@H](O)[C@@H]5O)[C@@H](O)N(CC(C)C)N1)C2=O. The van der Waals surface area contributed by atoms with E-state index in [0.717, 1.165) is 38.5 Å². The van der Waals surface area contributed by atoms with Crippen molar-refractivity contribution in [3.63, 3.8) is 0 Å². The first-order chi connectivity index (χ1) is 27.2. The van der Waals surface area contributed by atoms with E-state index in [1.807, 2.05) is 13.8 Å². The Kier molecular flexibility index (Phi) is 8.10. The molecule has 3 aromatic rings. The van der Waals surface area contributed by atoms with Gasteiger partial charge >= 0.3 is 0 Å². The minimum absolute atomic E-state index is 0.00635. The molecule has 0 unspecified atom stereocenters. The number of rotatable bonds is 2. The summed E-state index contributed by atoms with van der Waals surface area (Å²) in [5.41, 5.74) is 1.46. The zero-order valence-electron chi connectivity index (χ0n) is 32.3. The molecule has 1 aromatic heterocycles. The van der Waals surface area contributed by atoms with Crippen molar-refractivity contribution >= 4 is 28.2 Å². The van der Waals surface area contributed by atoms with Crippen LogP contribution in [0.2, 0.25) is 0 Å². The van der Waals surface area contributed by atoms with Crippen LogP contribution < -0.4 is 15.5 Å². The molecule has 6 bridgehead atoms. The molecule has 57 heavy (non-hydrogen) atoms. The van der Waals surface area contributed by atoms with E-state index in [9.17, 15) is 40.2 Å². The second-order valence-electron chi connectivity index (χ2n) is 18.1. The number of benzene rings is 2. The number of hydrazine groups is 1. The fourth-order valence-corrected chi connectivity index (χ4v) is 12.1. The minimum atomic E-state index is -2.16. The topological polar surface area (TPSA) is 214 Å². The van der Waals surface area contributed by atoms with E-state index in [-0.39, 0.29) is 71.0 Å². The first-order valence-electron chi connectivity index (χ1n) is 20.4. The van der Waals surface area contributed by atoms with Crippen LogP contribution in [0.25, 0.3) is 10.8 Å². The molecule has 5 aliphatic heterocycles. The van der Waals surface area contributed by atoms with Crippen molar-refractivity contribution in [3.05, 3.63) is 69.5 Å². The number of hydrogen-bond acceptors (Lipinski definition) is 14. The van der Waals surface area contributed by atoms with Gasteiger partial charge in [-0.1, -0.05) is 33.1 Å². The second kappa shape index (κ2) is 12.4. The maximum atomic E-state index is 14.7. The number of anilines is 1. The Morgan fingerprint density at radius 2 is 1.70 bits per heavy atom. The smallest absolute Gasteiger partial charge is 0.240 e. The number of hydrogen-bond donors (Lipinski definition) is 8. The van der Waals surface area contributed by atoms with Crippen LogP contribution in [0.15, 0.2) is 36.2 Å². The molecule has 8 atom stereocenters. The fourth-order valence-electron chi connectivity index (χ4n) is 12.1. The highest BCUT2D eigenvalue weighted by atomic mass is 16.7. The van der Waals surface area contributed by atoms with E-state index in [1.165, 1.54) is 6.07 Å². The highest BCUT2D eigenvalue weighted by Gasteiger charge is 2.69. The molecule has 11 rings (SSSR count). The number of phenols is 1. The Hall–Kier alpha value is -4.15. The van der Waals surface area contributed by atoms with Crippen LogP contribution in [-0.4, -0.2) is 107 Å². The standard InChI is InChI=1S/C43H50N4O10/c1-20(2)19-47-39(55)42-17-26(46-47)41(12-6-11-40(41)9-4-5-10-40)27(49)18-45-38-28-22(8-14-44-38)30-31(33(51)29-24(32(30)50)15-21(3)16-25(29)48)35-23(28)7-13-43(56-35,57-42)37(54)34(52)36(42)53/h8,14-17,20,27,34,36-37,39,46,48-49,52-55H,4-7,9-13,18-19H2,1-3H3,(H,44,45)/t27-,34+,36+,37-,39-,41+,42+,43-/m1/s1. The molecule has 0 radical (unpaired) electrons. The molecular formula is C43H50N4O10. The summed E-state index contributed by atoms with van der Waals surface area (Å²) in [4.78, 5) is 34.2. The molecule has 0 amide bonds. The van der Waals surface area contributed by atoms with Crippen LogP contribution in [0.5, 0.6) is 11.5 Å². The molecule has 2 saturated carbocycles. The van der Waals surface area contributed by atoms with Gasteiger partial charge in [-0.3, -0.25) is 9.59 Å². The summed E-state index contributed by atoms with van der Waals surface area (Å²) in [5.74, 6) is -3.45. The zero-order chi connectivity index (χ0) is 40.0. The Morgan fingerprint density at radius 1 is 0.947 bits per heavy atom. The number of aliphatic hydroxyl groups excluding tert-OH is 5. The molecule has 6 heterocycles. The van der Waals surface area contributed by atoms with Gasteiger partial charge in [0, 0.05) is 58.9 Å². The van der Waals surface area contributed by atoms with Gasteiger partial charge in [-0.05, 0) is 85.6 Å². The Bertz CT molecular complexity index is 2280. The van der Waals surface area contributed by atoms with Crippen molar-refractivity contribution in [2.75, 3.05) is 18.4 Å². The summed E-state index contributed by atoms with van der Waals surface area (Å²) in [6, 6.07) is 4.64. The lowest BCUT2D eigenvalue weighted by molar-refractivity contribution is -0.387. The lowest BCUT2D eigenvalue weighted by atomic mass is 9.58. The molecule has 3 aliphatic carbocycles. The Labute approximate surface area is 329 Å². The maximum absolute atomic E-state index is 14.7. The third-order valence-electron chi connectivity index (χ3n) is 14.5. The quantitative estimate of drug-likeness (QED) is 0.147. The maximum Gasteiger partial charge on any atom is 0.240 e. The van der Waals surface area contributed by atoms with E-state index in [1.54, 1.807) is 36.3 Å². The predicted molar refractivity (Wildman–Crippen MR) is 205 cm³/mol. The van der Waals surface area contributed by atoms with E-state index in [4.69, 9.17) is 14.5 Å². The highest BCUT2D eigenvalue weighted by molar-refractivity contribution is 6.34. The molecule has 302 valence electrons. The molecule has 8 N–H and O–H groups in total. The predicted octanol–water partition coefficient (Wildman–Crippen LogP) is 3.09. The van der Waals surface area contributed by atoms with Crippen LogP contribution in [0.4, 0.5) is 5.82 Å². The van der Waals surface area contributed by atoms with Crippen LogP contribution in [0.1, 0.15) is 108 Å². The van der Waals surface area contributed by atoms with E-state index in [2.05, 4.69) is 10.7 Å². The molecule has 4 spiro atoms. The molecule has 3 fully saturated rings. The summed E-state index contributed by atoms with van der Waals surface area (Å²) < 4.78 is 13.8. The number of nitrogens with zero attached hydrogens (tertiary/aromatic N) is 2. The van der Waals surface area contributed by atoms with Gasteiger partial charge in [0.15, 0.2) is 17.6 Å². The zero-order valence-corrected chi connectivity index (χ0v) is 32.3. The first-order valence-corrected chi connectivity index (χ1v) is 20.4. The summed E-state index contributed by atoms with van der Waals surface area (Å²) in [5, 5.41) is 78.5. The Morgan fingerprint density at radius 3 is 2.46 bits per heavy atom. The average Bonchev–Trinajstić information content (AvgIpc) is 3.82. The third kappa shape index (κ3) is 4.74. The lowest BCUT2D eigenvalue weighted by Crippen LogP contribution is -2.78. The number of ketones is 2. The lowest BCUT2D eigenvalue weighted by Gasteiger charge is -2.60. The molecule has 8 aliphatic rings. The van der Waals surface area contributed by atoms with Gasteiger partial charge in [-0.25, -0.2) is 4.98 Å². The van der Waals surface area contributed by atoms with Gasteiger partial charge in [0.05, 0.1) is 17.2 Å². The number of aromatic hydroxyl groups is 1. The largest absolute Gasteiger partial charge is 0.507 e. The van der Waals surface area contributed by atoms with Crippen LogP contribution in [0.3, 0.4) is 0 Å². The number of pyridine rings is 1. The second-order valence-corrected chi connectivity index (χ2v) is 18.1. The van der Waals surface area contributed by atoms with Gasteiger partial charge < -0.3 is 50.9 Å². The fraction of sp³-hybridized carbons (Fsp3) is 0.558. The molecule has 1 saturated heterocycles. The summed E-state index contributed by atoms with van der Waals surface area (Å²) in [7, 11) is 0. The summed E-state index contributed by atoms with van der Waals surface area (Å²) in [6.07, 6.45) is 0.787. The van der Waals surface area contributed by atoms with Gasteiger partial charge in [-0.2, -0.15) is 5.01 Å². The number of fused-ring (bicyclic) bond motifs is 6. The van der Waals surface area contributed by atoms with Crippen molar-refractivity contribution in [1.29, 1.82) is 0 Å². The van der Waals surface area contributed by atoms with Crippen molar-refractivity contribution in [2.45, 2.75) is 121 Å². The van der Waals surface area contributed by atoms with Crippen molar-refractivity contribution in [2.24, 2.45) is 16.7 Å². The van der Waals surface area contributed by atoms with Crippen molar-refractivity contribution < 1.29 is 49.7 Å². The van der Waals surface area contributed by atoms with E-state index in [0.29, 0.717) is 39.8 Å². The molecule has 14 nitrogen and oxygen atoms in total. The number of nitrogens with one attached hydrogen (secondary N) is 2. The van der Waals surface area contributed by atoms with Gasteiger partial charge in [0.25, 0.3) is 0 Å². The van der Waals surface area contributed by atoms with E-state index < -0.39 is 59.0 Å². The van der Waals surface area contributed by atoms with E-state index >= 15 is 0 Å². The van der Waals surface area contributed by atoms with Gasteiger partial charge in [0.1, 0.15) is 35.6 Å². The van der Waals surface area contributed by atoms with Crippen molar-refractivity contribution in [1.82, 2.24) is 15.4 Å². The number of aromatic nitrogens is 1. The Balaban J connectivity index is 1.28. The normalized spacial score (nSPS) is 35.2. The number of phenolic OH excluding ortho intramolecular Hbond substituents is 1. The first kappa shape index (κ1) is 37.1. The minimum Gasteiger partial charge on any atom is -0.507 e.